The minimum absolute atomic E-state index is 0.0152. The second-order valence-electron chi connectivity index (χ2n) is 7.50. The average molecular weight is 325 g/mol. The number of anilines is 1. The van der Waals surface area contributed by atoms with Crippen LogP contribution in [0.1, 0.15) is 38.5 Å². The maximum absolute atomic E-state index is 11.8. The van der Waals surface area contributed by atoms with Crippen molar-refractivity contribution in [1.29, 1.82) is 0 Å². The highest BCUT2D eigenvalue weighted by Gasteiger charge is 2.25. The van der Waals surface area contributed by atoms with Gasteiger partial charge in [0, 0.05) is 42.9 Å². The van der Waals surface area contributed by atoms with Crippen molar-refractivity contribution in [2.75, 3.05) is 25.0 Å². The Morgan fingerprint density at radius 1 is 1.12 bits per heavy atom. The molecule has 4 rings (SSSR count). The first-order chi connectivity index (χ1) is 11.8. The molecule has 24 heavy (non-hydrogen) atoms. The van der Waals surface area contributed by atoms with E-state index in [1.54, 1.807) is 6.20 Å². The highest BCUT2D eigenvalue weighted by atomic mass is 16.1. The monoisotopic (exact) mass is 325 g/mol. The Morgan fingerprint density at radius 3 is 2.88 bits per heavy atom. The summed E-state index contributed by atoms with van der Waals surface area (Å²) in [6.07, 6.45) is 10.1. The third-order valence-corrected chi connectivity index (χ3v) is 5.66. The van der Waals surface area contributed by atoms with Gasteiger partial charge >= 0.3 is 0 Å². The van der Waals surface area contributed by atoms with Gasteiger partial charge in [0.05, 0.1) is 0 Å². The van der Waals surface area contributed by atoms with Crippen LogP contribution in [0.15, 0.2) is 35.3 Å². The van der Waals surface area contributed by atoms with E-state index in [1.807, 2.05) is 18.2 Å². The molecule has 2 aliphatic rings. The van der Waals surface area contributed by atoms with Crippen LogP contribution in [-0.4, -0.2) is 35.6 Å². The van der Waals surface area contributed by atoms with Gasteiger partial charge in [-0.3, -0.25) is 4.79 Å². The molecule has 0 spiro atoms. The molecule has 0 radical (unpaired) electrons. The van der Waals surface area contributed by atoms with Gasteiger partial charge in [-0.05, 0) is 54.8 Å². The second-order valence-corrected chi connectivity index (χ2v) is 7.50. The molecule has 0 bridgehead atoms. The molecule has 2 fully saturated rings. The molecule has 1 atom stereocenters. The molecular formula is C20H27N3O. The number of rotatable bonds is 4. The lowest BCUT2D eigenvalue weighted by Gasteiger charge is -2.26. The number of aromatic nitrogens is 1. The summed E-state index contributed by atoms with van der Waals surface area (Å²) in [6, 6.07) is 8.53. The number of fused-ring (bicyclic) bond motifs is 1. The summed E-state index contributed by atoms with van der Waals surface area (Å²) in [5.74, 6) is 0.921. The fraction of sp³-hybridized carbons (Fsp3) is 0.550. The SMILES string of the molecule is O=c1[nH]ccc2cc(N[C@H]3CCN(CC4CCCCC4)C3)ccc12. The van der Waals surface area contributed by atoms with E-state index in [-0.39, 0.29) is 5.56 Å². The molecule has 0 unspecified atom stereocenters. The first-order valence-corrected chi connectivity index (χ1v) is 9.38. The summed E-state index contributed by atoms with van der Waals surface area (Å²) in [5.41, 5.74) is 1.11. The van der Waals surface area contributed by atoms with Gasteiger partial charge in [-0.15, -0.1) is 0 Å². The first-order valence-electron chi connectivity index (χ1n) is 9.38. The van der Waals surface area contributed by atoms with Gasteiger partial charge in [-0.25, -0.2) is 0 Å². The summed E-state index contributed by atoms with van der Waals surface area (Å²) < 4.78 is 0. The molecule has 1 saturated heterocycles. The van der Waals surface area contributed by atoms with Crippen LogP contribution < -0.4 is 10.9 Å². The quantitative estimate of drug-likeness (QED) is 0.903. The Bertz CT molecular complexity index is 748. The molecule has 2 N–H and O–H groups in total. The lowest BCUT2D eigenvalue weighted by molar-refractivity contribution is 0.233. The maximum Gasteiger partial charge on any atom is 0.255 e. The molecule has 2 aromatic rings. The van der Waals surface area contributed by atoms with E-state index < -0.39 is 0 Å². The van der Waals surface area contributed by atoms with Crippen molar-refractivity contribution in [3.8, 4) is 0 Å². The molecule has 1 aromatic heterocycles. The topological polar surface area (TPSA) is 48.1 Å². The zero-order chi connectivity index (χ0) is 16.4. The number of hydrogen-bond donors (Lipinski definition) is 2. The predicted octanol–water partition coefficient (Wildman–Crippen LogP) is 3.59. The fourth-order valence-electron chi connectivity index (χ4n) is 4.37. The molecule has 1 saturated carbocycles. The maximum atomic E-state index is 11.8. The minimum Gasteiger partial charge on any atom is -0.381 e. The lowest BCUT2D eigenvalue weighted by Crippen LogP contribution is -2.31. The second kappa shape index (κ2) is 6.98. The molecule has 1 aromatic carbocycles. The zero-order valence-corrected chi connectivity index (χ0v) is 14.3. The van der Waals surface area contributed by atoms with E-state index >= 15 is 0 Å². The number of benzene rings is 1. The number of pyridine rings is 1. The van der Waals surface area contributed by atoms with Crippen LogP contribution in [0, 0.1) is 5.92 Å². The van der Waals surface area contributed by atoms with Crippen LogP contribution in [0.3, 0.4) is 0 Å². The van der Waals surface area contributed by atoms with Gasteiger partial charge < -0.3 is 15.2 Å². The summed E-state index contributed by atoms with van der Waals surface area (Å²) in [6.45, 7) is 3.64. The van der Waals surface area contributed by atoms with Crippen LogP contribution in [0.5, 0.6) is 0 Å². The third-order valence-electron chi connectivity index (χ3n) is 5.66. The van der Waals surface area contributed by atoms with E-state index in [0.29, 0.717) is 6.04 Å². The van der Waals surface area contributed by atoms with Crippen LogP contribution in [0.4, 0.5) is 5.69 Å². The van der Waals surface area contributed by atoms with E-state index in [0.717, 1.165) is 28.9 Å². The molecule has 0 amide bonds. The molecule has 1 aliphatic heterocycles. The zero-order valence-electron chi connectivity index (χ0n) is 14.3. The third kappa shape index (κ3) is 3.48. The molecule has 4 nitrogen and oxygen atoms in total. The smallest absolute Gasteiger partial charge is 0.255 e. The molecule has 1 aliphatic carbocycles. The van der Waals surface area contributed by atoms with Gasteiger partial charge in [0.1, 0.15) is 0 Å². The molecular weight excluding hydrogens is 298 g/mol. The number of likely N-dealkylation sites (tertiary alicyclic amines) is 1. The Hall–Kier alpha value is -1.81. The molecule has 128 valence electrons. The van der Waals surface area contributed by atoms with Crippen LogP contribution in [0.25, 0.3) is 10.8 Å². The van der Waals surface area contributed by atoms with Crippen molar-refractivity contribution < 1.29 is 0 Å². The number of aromatic amines is 1. The fourth-order valence-corrected chi connectivity index (χ4v) is 4.37. The van der Waals surface area contributed by atoms with Crippen LogP contribution in [-0.2, 0) is 0 Å². The summed E-state index contributed by atoms with van der Waals surface area (Å²) in [5, 5.41) is 5.42. The van der Waals surface area contributed by atoms with Crippen molar-refractivity contribution in [1.82, 2.24) is 9.88 Å². The highest BCUT2D eigenvalue weighted by molar-refractivity contribution is 5.84. The summed E-state index contributed by atoms with van der Waals surface area (Å²) >= 11 is 0. The van der Waals surface area contributed by atoms with Gasteiger partial charge in [0.15, 0.2) is 0 Å². The summed E-state index contributed by atoms with van der Waals surface area (Å²) in [7, 11) is 0. The number of H-pyrrole nitrogens is 1. The van der Waals surface area contributed by atoms with Crippen molar-refractivity contribution in [3.63, 3.8) is 0 Å². The van der Waals surface area contributed by atoms with E-state index in [2.05, 4.69) is 21.3 Å². The first kappa shape index (κ1) is 15.7. The van der Waals surface area contributed by atoms with Gasteiger partial charge in [-0.2, -0.15) is 0 Å². The van der Waals surface area contributed by atoms with E-state index in [1.165, 1.54) is 51.6 Å². The van der Waals surface area contributed by atoms with Crippen LogP contribution in [0.2, 0.25) is 0 Å². The average Bonchev–Trinajstić information content (AvgIpc) is 3.03. The minimum atomic E-state index is -0.0152. The van der Waals surface area contributed by atoms with E-state index in [4.69, 9.17) is 0 Å². The van der Waals surface area contributed by atoms with Crippen LogP contribution >= 0.6 is 0 Å². The Kier molecular flexibility index (Phi) is 4.56. The van der Waals surface area contributed by atoms with Crippen molar-refractivity contribution in [2.45, 2.75) is 44.6 Å². The molecule has 4 heteroatoms. The van der Waals surface area contributed by atoms with Gasteiger partial charge in [0.25, 0.3) is 5.56 Å². The molecule has 2 heterocycles. The van der Waals surface area contributed by atoms with Crippen molar-refractivity contribution in [2.24, 2.45) is 5.92 Å². The largest absolute Gasteiger partial charge is 0.381 e. The Morgan fingerprint density at radius 2 is 2.00 bits per heavy atom. The standard InChI is InChI=1S/C20H27N3O/c24-20-19-7-6-17(12-16(19)8-10-21-20)22-18-9-11-23(14-18)13-15-4-2-1-3-5-15/h6-8,10,12,15,18,22H,1-5,9,11,13-14H2,(H,21,24)/t18-/m0/s1. The van der Waals surface area contributed by atoms with E-state index in [9.17, 15) is 4.79 Å². The number of nitrogens with one attached hydrogen (secondary N) is 2. The predicted molar refractivity (Wildman–Crippen MR) is 99.6 cm³/mol. The van der Waals surface area contributed by atoms with Crippen molar-refractivity contribution >= 4 is 16.5 Å². The number of hydrogen-bond acceptors (Lipinski definition) is 3. The Balaban J connectivity index is 1.37. The van der Waals surface area contributed by atoms with Gasteiger partial charge in [-0.1, -0.05) is 19.3 Å². The summed E-state index contributed by atoms with van der Waals surface area (Å²) in [4.78, 5) is 17.2. The van der Waals surface area contributed by atoms with Gasteiger partial charge in [0.2, 0.25) is 0 Å². The lowest BCUT2D eigenvalue weighted by atomic mass is 9.89. The Labute approximate surface area is 143 Å². The highest BCUT2D eigenvalue weighted by Crippen LogP contribution is 2.26. The number of nitrogens with zero attached hydrogens (tertiary/aromatic N) is 1. The van der Waals surface area contributed by atoms with Crippen molar-refractivity contribution in [3.05, 3.63) is 40.8 Å². The normalized spacial score (nSPS) is 22.9.